The van der Waals surface area contributed by atoms with Gasteiger partial charge in [0.25, 0.3) is 15.9 Å². The molecule has 0 saturated carbocycles. The van der Waals surface area contributed by atoms with E-state index in [1.807, 2.05) is 6.07 Å². The van der Waals surface area contributed by atoms with Gasteiger partial charge >= 0.3 is 0 Å². The molecule has 1 heterocycles. The molecule has 1 amide bonds. The Morgan fingerprint density at radius 3 is 2.53 bits per heavy atom. The number of hydrogen-bond acceptors (Lipinski definition) is 6. The van der Waals surface area contributed by atoms with Crippen LogP contribution in [0.25, 0.3) is 10.9 Å². The van der Waals surface area contributed by atoms with E-state index < -0.39 is 22.5 Å². The Labute approximate surface area is 221 Å². The van der Waals surface area contributed by atoms with Gasteiger partial charge in [0.2, 0.25) is 0 Å². The molecule has 4 rings (SSSR count). The number of pyridine rings is 1. The Balaban J connectivity index is 1.54. The molecule has 0 aliphatic rings. The Morgan fingerprint density at radius 1 is 1.11 bits per heavy atom. The van der Waals surface area contributed by atoms with E-state index in [0.717, 1.165) is 14.2 Å². The fourth-order valence-corrected chi connectivity index (χ4v) is 5.24. The predicted molar refractivity (Wildman–Crippen MR) is 144 cm³/mol. The molecular weight excluding hydrogens is 568 g/mol. The highest BCUT2D eigenvalue weighted by molar-refractivity contribution is 9.10. The number of halogens is 2. The summed E-state index contributed by atoms with van der Waals surface area (Å²) in [6.45, 7) is -0.486. The van der Waals surface area contributed by atoms with E-state index in [1.165, 1.54) is 18.3 Å². The van der Waals surface area contributed by atoms with Gasteiger partial charge in [-0.15, -0.1) is 0 Å². The SMILES string of the molecule is COc1ccc2cc(/C=N/NC(=O)CN(c3ccc(Br)cc3)S(=O)(=O)c3ccccc3)c(Cl)nc2c1. The van der Waals surface area contributed by atoms with Crippen molar-refractivity contribution in [3.8, 4) is 5.75 Å². The maximum absolute atomic E-state index is 13.3. The standard InChI is InChI=1S/C25H20BrClN4O4S/c1-35-21-12-7-17-13-18(25(27)29-23(17)14-21)15-28-30-24(32)16-31(20-10-8-19(26)9-11-20)36(33,34)22-5-3-2-4-6-22/h2-15H,16H2,1H3,(H,30,32)/b28-15+. The molecule has 0 bridgehead atoms. The minimum Gasteiger partial charge on any atom is -0.497 e. The summed E-state index contributed by atoms with van der Waals surface area (Å²) in [7, 11) is -2.45. The summed E-state index contributed by atoms with van der Waals surface area (Å²) in [6, 6.07) is 21.7. The van der Waals surface area contributed by atoms with E-state index in [0.29, 0.717) is 22.5 Å². The third kappa shape index (κ3) is 5.84. The van der Waals surface area contributed by atoms with Crippen molar-refractivity contribution in [1.82, 2.24) is 10.4 Å². The highest BCUT2D eigenvalue weighted by Crippen LogP contribution is 2.26. The van der Waals surface area contributed by atoms with Crippen molar-refractivity contribution in [3.05, 3.63) is 94.1 Å². The summed E-state index contributed by atoms with van der Waals surface area (Å²) in [5.41, 5.74) is 3.83. The fraction of sp³-hybridized carbons (Fsp3) is 0.0800. The normalized spacial score (nSPS) is 11.5. The van der Waals surface area contributed by atoms with Crippen LogP contribution in [0.3, 0.4) is 0 Å². The largest absolute Gasteiger partial charge is 0.497 e. The van der Waals surface area contributed by atoms with Crippen molar-refractivity contribution in [2.45, 2.75) is 4.90 Å². The number of carbonyl (C=O) groups excluding carboxylic acids is 1. The second kappa shape index (κ2) is 11.1. The summed E-state index contributed by atoms with van der Waals surface area (Å²) in [5, 5.41) is 4.96. The summed E-state index contributed by atoms with van der Waals surface area (Å²) in [6.07, 6.45) is 1.35. The van der Waals surface area contributed by atoms with Crippen LogP contribution >= 0.6 is 27.5 Å². The topological polar surface area (TPSA) is 101 Å². The number of fused-ring (bicyclic) bond motifs is 1. The first-order valence-corrected chi connectivity index (χ1v) is 13.2. The molecule has 36 heavy (non-hydrogen) atoms. The van der Waals surface area contributed by atoms with E-state index in [2.05, 4.69) is 31.4 Å². The Kier molecular flexibility index (Phi) is 7.88. The minimum absolute atomic E-state index is 0.0647. The molecule has 1 N–H and O–H groups in total. The number of rotatable bonds is 8. The molecule has 0 radical (unpaired) electrons. The minimum atomic E-state index is -4.01. The lowest BCUT2D eigenvalue weighted by atomic mass is 10.1. The molecule has 4 aromatic rings. The van der Waals surface area contributed by atoms with Crippen molar-refractivity contribution >= 4 is 66.3 Å². The van der Waals surface area contributed by atoms with Gasteiger partial charge in [-0.2, -0.15) is 5.10 Å². The molecule has 0 aliphatic carbocycles. The molecule has 0 spiro atoms. The van der Waals surface area contributed by atoms with Crippen LogP contribution in [0, 0.1) is 0 Å². The van der Waals surface area contributed by atoms with Crippen molar-refractivity contribution in [3.63, 3.8) is 0 Å². The number of sulfonamides is 1. The molecule has 0 fully saturated rings. The van der Waals surface area contributed by atoms with Crippen LogP contribution in [-0.2, 0) is 14.8 Å². The molecule has 3 aromatic carbocycles. The molecule has 184 valence electrons. The number of methoxy groups -OCH3 is 1. The molecule has 1 aromatic heterocycles. The van der Waals surface area contributed by atoms with Gasteiger partial charge in [-0.1, -0.05) is 45.7 Å². The molecule has 11 heteroatoms. The third-order valence-corrected chi connectivity index (χ3v) is 7.75. The summed E-state index contributed by atoms with van der Waals surface area (Å²) in [5.74, 6) is 0.0174. The van der Waals surface area contributed by atoms with Crippen LogP contribution in [0.2, 0.25) is 5.15 Å². The molecule has 0 saturated heterocycles. The number of aromatic nitrogens is 1. The number of hydrogen-bond donors (Lipinski definition) is 1. The van der Waals surface area contributed by atoms with Crippen LogP contribution in [0.5, 0.6) is 5.75 Å². The zero-order chi connectivity index (χ0) is 25.7. The van der Waals surface area contributed by atoms with E-state index in [1.54, 1.807) is 67.8 Å². The molecular formula is C25H20BrClN4O4S. The van der Waals surface area contributed by atoms with Gasteiger partial charge in [-0.3, -0.25) is 9.10 Å². The number of anilines is 1. The quantitative estimate of drug-likeness (QED) is 0.178. The first kappa shape index (κ1) is 25.6. The number of carbonyl (C=O) groups is 1. The number of amides is 1. The summed E-state index contributed by atoms with van der Waals surface area (Å²) >= 11 is 9.61. The smallest absolute Gasteiger partial charge is 0.264 e. The molecule has 0 aliphatic heterocycles. The van der Waals surface area contributed by atoms with Crippen LogP contribution in [0.1, 0.15) is 5.56 Å². The lowest BCUT2D eigenvalue weighted by Gasteiger charge is -2.23. The van der Waals surface area contributed by atoms with Gasteiger partial charge in [0.15, 0.2) is 0 Å². The lowest BCUT2D eigenvalue weighted by Crippen LogP contribution is -2.39. The first-order valence-electron chi connectivity index (χ1n) is 10.6. The van der Waals surface area contributed by atoms with E-state index in [9.17, 15) is 13.2 Å². The Hall–Kier alpha value is -3.47. The fourth-order valence-electron chi connectivity index (χ4n) is 3.34. The second-order valence-electron chi connectivity index (χ2n) is 7.52. The Bertz CT molecular complexity index is 1530. The number of nitrogens with one attached hydrogen (secondary N) is 1. The van der Waals surface area contributed by atoms with Crippen LogP contribution in [0.15, 0.2) is 93.3 Å². The highest BCUT2D eigenvalue weighted by atomic mass is 79.9. The van der Waals surface area contributed by atoms with Gasteiger partial charge in [-0.25, -0.2) is 18.8 Å². The number of ether oxygens (including phenoxy) is 1. The highest BCUT2D eigenvalue weighted by Gasteiger charge is 2.27. The van der Waals surface area contributed by atoms with Gasteiger partial charge in [-0.05, 0) is 54.6 Å². The van der Waals surface area contributed by atoms with Crippen molar-refractivity contribution in [2.24, 2.45) is 5.10 Å². The molecule has 0 unspecified atom stereocenters. The summed E-state index contributed by atoms with van der Waals surface area (Å²) < 4.78 is 33.6. The predicted octanol–water partition coefficient (Wildman–Crippen LogP) is 5.00. The Morgan fingerprint density at radius 2 is 1.83 bits per heavy atom. The number of benzene rings is 3. The zero-order valence-electron chi connectivity index (χ0n) is 18.9. The van der Waals surface area contributed by atoms with E-state index in [-0.39, 0.29) is 10.0 Å². The van der Waals surface area contributed by atoms with Crippen molar-refractivity contribution in [2.75, 3.05) is 18.0 Å². The van der Waals surface area contributed by atoms with Gasteiger partial charge in [0.1, 0.15) is 17.4 Å². The monoisotopic (exact) mass is 586 g/mol. The first-order chi connectivity index (χ1) is 17.3. The van der Waals surface area contributed by atoms with Gasteiger partial charge in [0.05, 0.1) is 29.4 Å². The number of hydrazone groups is 1. The second-order valence-corrected chi connectivity index (χ2v) is 10.7. The maximum atomic E-state index is 13.3. The molecule has 0 atom stereocenters. The maximum Gasteiger partial charge on any atom is 0.264 e. The van der Waals surface area contributed by atoms with Crippen LogP contribution < -0.4 is 14.5 Å². The van der Waals surface area contributed by atoms with Crippen LogP contribution in [0.4, 0.5) is 5.69 Å². The molecule has 8 nitrogen and oxygen atoms in total. The van der Waals surface area contributed by atoms with Gasteiger partial charge < -0.3 is 4.74 Å². The third-order valence-electron chi connectivity index (χ3n) is 5.13. The van der Waals surface area contributed by atoms with Crippen molar-refractivity contribution in [1.29, 1.82) is 0 Å². The average molecular weight is 588 g/mol. The van der Waals surface area contributed by atoms with E-state index in [4.69, 9.17) is 16.3 Å². The number of nitrogens with zero attached hydrogens (tertiary/aromatic N) is 3. The zero-order valence-corrected chi connectivity index (χ0v) is 22.1. The van der Waals surface area contributed by atoms with E-state index >= 15 is 0 Å². The lowest BCUT2D eigenvalue weighted by molar-refractivity contribution is -0.119. The van der Waals surface area contributed by atoms with Crippen LogP contribution in [-0.4, -0.2) is 39.2 Å². The average Bonchev–Trinajstić information content (AvgIpc) is 2.88. The van der Waals surface area contributed by atoms with Gasteiger partial charge in [0, 0.05) is 21.5 Å². The van der Waals surface area contributed by atoms with Crippen molar-refractivity contribution < 1.29 is 17.9 Å². The summed E-state index contributed by atoms with van der Waals surface area (Å²) in [4.78, 5) is 17.1.